The highest BCUT2D eigenvalue weighted by Gasteiger charge is 2.23. The first-order valence-corrected chi connectivity index (χ1v) is 7.15. The third-order valence-electron chi connectivity index (χ3n) is 3.83. The number of imidazole rings is 1. The maximum Gasteiger partial charge on any atom is 0.252 e. The molecule has 1 aromatic heterocycles. The Morgan fingerprint density at radius 1 is 1.43 bits per heavy atom. The van der Waals surface area contributed by atoms with E-state index >= 15 is 0 Å². The monoisotopic (exact) mass is 286 g/mol. The second-order valence-electron chi connectivity index (χ2n) is 5.37. The molecule has 0 aliphatic carbocycles. The SMILES string of the molecule is Cn1cnc2cc(C(=O)N[C@@H]3CCCCNC3=O)ccc21. The maximum absolute atomic E-state index is 12.3. The van der Waals surface area contributed by atoms with Gasteiger partial charge >= 0.3 is 0 Å². The fraction of sp³-hybridized carbons (Fsp3) is 0.400. The summed E-state index contributed by atoms with van der Waals surface area (Å²) in [6.45, 7) is 0.686. The third kappa shape index (κ3) is 2.74. The molecule has 1 aliphatic heterocycles. The molecule has 1 aliphatic rings. The average Bonchev–Trinajstić information content (AvgIpc) is 2.73. The second-order valence-corrected chi connectivity index (χ2v) is 5.37. The van der Waals surface area contributed by atoms with Crippen molar-refractivity contribution in [3.8, 4) is 0 Å². The predicted molar refractivity (Wildman–Crippen MR) is 78.8 cm³/mol. The Hall–Kier alpha value is -2.37. The molecule has 21 heavy (non-hydrogen) atoms. The minimum absolute atomic E-state index is 0.0974. The summed E-state index contributed by atoms with van der Waals surface area (Å²) in [5.41, 5.74) is 2.27. The number of benzene rings is 1. The second kappa shape index (κ2) is 5.55. The van der Waals surface area contributed by atoms with Crippen molar-refractivity contribution in [3.05, 3.63) is 30.1 Å². The highest BCUT2D eigenvalue weighted by atomic mass is 16.2. The number of nitrogens with one attached hydrogen (secondary N) is 2. The number of nitrogens with zero attached hydrogens (tertiary/aromatic N) is 2. The van der Waals surface area contributed by atoms with E-state index in [0.717, 1.165) is 23.9 Å². The molecule has 0 unspecified atom stereocenters. The molecule has 2 N–H and O–H groups in total. The fourth-order valence-electron chi connectivity index (χ4n) is 2.60. The largest absolute Gasteiger partial charge is 0.354 e. The molecule has 6 nitrogen and oxygen atoms in total. The topological polar surface area (TPSA) is 76.0 Å². The molecule has 6 heteroatoms. The lowest BCUT2D eigenvalue weighted by molar-refractivity contribution is -0.122. The standard InChI is InChI=1S/C15H18N4O2/c1-19-9-17-12-8-10(5-6-13(12)19)14(20)18-11-4-2-3-7-16-15(11)21/h5-6,8-9,11H,2-4,7H2,1H3,(H,16,21)(H,18,20)/t11-/m1/s1. The quantitative estimate of drug-likeness (QED) is 0.864. The van der Waals surface area contributed by atoms with Gasteiger partial charge < -0.3 is 15.2 Å². The Balaban J connectivity index is 1.78. The van der Waals surface area contributed by atoms with Gasteiger partial charge in [-0.1, -0.05) is 0 Å². The van der Waals surface area contributed by atoms with Crippen molar-refractivity contribution >= 4 is 22.8 Å². The predicted octanol–water partition coefficient (Wildman–Crippen LogP) is 0.972. The number of carbonyl (C=O) groups is 2. The zero-order chi connectivity index (χ0) is 14.8. The number of fused-ring (bicyclic) bond motifs is 1. The van der Waals surface area contributed by atoms with Crippen LogP contribution >= 0.6 is 0 Å². The summed E-state index contributed by atoms with van der Waals surface area (Å²) < 4.78 is 1.90. The molecule has 0 bridgehead atoms. The number of aryl methyl sites for hydroxylation is 1. The van der Waals surface area contributed by atoms with E-state index in [9.17, 15) is 9.59 Å². The Morgan fingerprint density at radius 2 is 2.29 bits per heavy atom. The molecule has 1 atom stereocenters. The maximum atomic E-state index is 12.3. The van der Waals surface area contributed by atoms with E-state index in [1.807, 2.05) is 17.7 Å². The summed E-state index contributed by atoms with van der Waals surface area (Å²) in [5.74, 6) is -0.329. The van der Waals surface area contributed by atoms with E-state index in [0.29, 0.717) is 18.5 Å². The lowest BCUT2D eigenvalue weighted by Gasteiger charge is -2.15. The van der Waals surface area contributed by atoms with E-state index < -0.39 is 6.04 Å². The van der Waals surface area contributed by atoms with Gasteiger partial charge in [0.1, 0.15) is 6.04 Å². The number of rotatable bonds is 2. The Bertz CT molecular complexity index is 692. The molecule has 1 fully saturated rings. The van der Waals surface area contributed by atoms with Gasteiger partial charge in [-0.25, -0.2) is 4.98 Å². The van der Waals surface area contributed by atoms with Gasteiger partial charge in [-0.15, -0.1) is 0 Å². The third-order valence-corrected chi connectivity index (χ3v) is 3.83. The van der Waals surface area contributed by atoms with Gasteiger partial charge in [-0.2, -0.15) is 0 Å². The Morgan fingerprint density at radius 3 is 3.14 bits per heavy atom. The van der Waals surface area contributed by atoms with E-state index in [-0.39, 0.29) is 11.8 Å². The molecule has 2 aromatic rings. The average molecular weight is 286 g/mol. The number of hydrogen-bond donors (Lipinski definition) is 2. The van der Waals surface area contributed by atoms with Crippen LogP contribution in [-0.2, 0) is 11.8 Å². The zero-order valence-corrected chi connectivity index (χ0v) is 11.9. The smallest absolute Gasteiger partial charge is 0.252 e. The van der Waals surface area contributed by atoms with E-state index in [1.54, 1.807) is 18.5 Å². The number of amides is 2. The molecule has 110 valence electrons. The number of carbonyl (C=O) groups excluding carboxylic acids is 2. The molecular formula is C15H18N4O2. The summed E-state index contributed by atoms with van der Waals surface area (Å²) in [6, 6.07) is 4.93. The Labute approximate surface area is 122 Å². The van der Waals surface area contributed by atoms with Crippen molar-refractivity contribution in [3.63, 3.8) is 0 Å². The molecule has 3 rings (SSSR count). The van der Waals surface area contributed by atoms with Crippen molar-refractivity contribution < 1.29 is 9.59 Å². The Kier molecular flexibility index (Phi) is 3.60. The van der Waals surface area contributed by atoms with Crippen molar-refractivity contribution in [2.24, 2.45) is 7.05 Å². The van der Waals surface area contributed by atoms with E-state index in [2.05, 4.69) is 15.6 Å². The molecule has 1 saturated heterocycles. The van der Waals surface area contributed by atoms with Gasteiger partial charge in [0.2, 0.25) is 5.91 Å². The van der Waals surface area contributed by atoms with Gasteiger partial charge in [0.15, 0.2) is 0 Å². The minimum Gasteiger partial charge on any atom is -0.354 e. The van der Waals surface area contributed by atoms with Crippen LogP contribution in [0.5, 0.6) is 0 Å². The van der Waals surface area contributed by atoms with Crippen LogP contribution in [0.2, 0.25) is 0 Å². The summed E-state index contributed by atoms with van der Waals surface area (Å²) in [6.07, 6.45) is 4.29. The van der Waals surface area contributed by atoms with Crippen molar-refractivity contribution in [1.29, 1.82) is 0 Å². The number of aromatic nitrogens is 2. The molecule has 1 aromatic carbocycles. The highest BCUT2D eigenvalue weighted by molar-refractivity contribution is 5.99. The van der Waals surface area contributed by atoms with Crippen LogP contribution < -0.4 is 10.6 Å². The van der Waals surface area contributed by atoms with Crippen molar-refractivity contribution in [2.75, 3.05) is 6.54 Å². The van der Waals surface area contributed by atoms with Gasteiger partial charge in [0.25, 0.3) is 5.91 Å². The lowest BCUT2D eigenvalue weighted by Crippen LogP contribution is -2.45. The first-order valence-electron chi connectivity index (χ1n) is 7.15. The number of hydrogen-bond acceptors (Lipinski definition) is 3. The van der Waals surface area contributed by atoms with E-state index in [4.69, 9.17) is 0 Å². The van der Waals surface area contributed by atoms with Gasteiger partial charge in [0, 0.05) is 19.2 Å². The van der Waals surface area contributed by atoms with Crippen molar-refractivity contribution in [2.45, 2.75) is 25.3 Å². The summed E-state index contributed by atoms with van der Waals surface area (Å²) in [7, 11) is 1.91. The van der Waals surface area contributed by atoms with Crippen LogP contribution in [0.4, 0.5) is 0 Å². The molecule has 2 amide bonds. The summed E-state index contributed by atoms with van der Waals surface area (Å²) >= 11 is 0. The van der Waals surface area contributed by atoms with E-state index in [1.165, 1.54) is 0 Å². The first-order chi connectivity index (χ1) is 10.1. The first kappa shape index (κ1) is 13.6. The molecular weight excluding hydrogens is 268 g/mol. The van der Waals surface area contributed by atoms with Crippen LogP contribution in [-0.4, -0.2) is 34.0 Å². The van der Waals surface area contributed by atoms with Crippen LogP contribution in [0, 0.1) is 0 Å². The normalized spacial score (nSPS) is 19.1. The van der Waals surface area contributed by atoms with Gasteiger partial charge in [-0.05, 0) is 37.5 Å². The molecule has 0 spiro atoms. The lowest BCUT2D eigenvalue weighted by atomic mass is 10.1. The van der Waals surface area contributed by atoms with Crippen LogP contribution in [0.3, 0.4) is 0 Å². The summed E-state index contributed by atoms with van der Waals surface area (Å²) in [5, 5.41) is 5.63. The van der Waals surface area contributed by atoms with Gasteiger partial charge in [-0.3, -0.25) is 9.59 Å². The van der Waals surface area contributed by atoms with Crippen LogP contribution in [0.1, 0.15) is 29.6 Å². The molecule has 2 heterocycles. The zero-order valence-electron chi connectivity index (χ0n) is 11.9. The minimum atomic E-state index is -0.445. The molecule has 0 radical (unpaired) electrons. The fourth-order valence-corrected chi connectivity index (χ4v) is 2.60. The molecule has 0 saturated carbocycles. The highest BCUT2D eigenvalue weighted by Crippen LogP contribution is 2.14. The van der Waals surface area contributed by atoms with Gasteiger partial charge in [0.05, 0.1) is 17.4 Å². The van der Waals surface area contributed by atoms with Crippen LogP contribution in [0.25, 0.3) is 11.0 Å². The summed E-state index contributed by atoms with van der Waals surface area (Å²) in [4.78, 5) is 28.4. The van der Waals surface area contributed by atoms with Crippen LogP contribution in [0.15, 0.2) is 24.5 Å². The van der Waals surface area contributed by atoms with Crippen molar-refractivity contribution in [1.82, 2.24) is 20.2 Å².